The Morgan fingerprint density at radius 3 is 2.29 bits per heavy atom. The molecule has 0 bridgehead atoms. The van der Waals surface area contributed by atoms with Gasteiger partial charge in [0.2, 0.25) is 0 Å². The number of likely N-dealkylation sites (tertiary alicyclic amines) is 2. The molecule has 1 spiro atoms. The summed E-state index contributed by atoms with van der Waals surface area (Å²) in [4.78, 5) is 28.1. The van der Waals surface area contributed by atoms with Gasteiger partial charge in [0, 0.05) is 57.5 Å². The van der Waals surface area contributed by atoms with Gasteiger partial charge in [-0.05, 0) is 68.3 Å². The lowest BCUT2D eigenvalue weighted by atomic mass is 9.77. The molecule has 2 aliphatic heterocycles. The number of rotatable bonds is 11. The molecule has 0 unspecified atom stereocenters. The molecule has 0 amide bonds. The van der Waals surface area contributed by atoms with Gasteiger partial charge in [0.15, 0.2) is 0 Å². The van der Waals surface area contributed by atoms with E-state index < -0.39 is 5.97 Å². The summed E-state index contributed by atoms with van der Waals surface area (Å²) in [6.07, 6.45) is 18.4. The van der Waals surface area contributed by atoms with Crippen LogP contribution in [0.2, 0.25) is 0 Å². The van der Waals surface area contributed by atoms with E-state index in [1.165, 1.54) is 88.7 Å². The van der Waals surface area contributed by atoms with Crippen LogP contribution in [0.3, 0.4) is 0 Å². The quantitative estimate of drug-likeness (QED) is 0.361. The third-order valence-corrected chi connectivity index (χ3v) is 10.1. The van der Waals surface area contributed by atoms with Gasteiger partial charge < -0.3 is 19.1 Å². The van der Waals surface area contributed by atoms with Gasteiger partial charge in [-0.1, -0.05) is 43.5 Å². The molecule has 9 heteroatoms. The lowest BCUT2D eigenvalue weighted by Gasteiger charge is -2.43. The summed E-state index contributed by atoms with van der Waals surface area (Å²) >= 11 is 0. The average Bonchev–Trinajstić information content (AvgIpc) is 3.71. The second-order valence-electron chi connectivity index (χ2n) is 13.1. The lowest BCUT2D eigenvalue weighted by Crippen LogP contribution is -2.46. The highest BCUT2D eigenvalue weighted by atomic mass is 16.4. The average molecular weight is 574 g/mol. The van der Waals surface area contributed by atoms with Crippen LogP contribution in [0.15, 0.2) is 49.1 Å². The smallest absolute Gasteiger partial charge is 0.323 e. The predicted octanol–water partition coefficient (Wildman–Crippen LogP) is 4.52. The van der Waals surface area contributed by atoms with E-state index in [0.717, 1.165) is 30.8 Å². The standard InChI is InChI=1S/C33H47N7O2/c1-36-19-14-34-30(36)23-38(24-31-35-15-20-40(31)25-32(41)42)22-28-9-7-27(8-10-28)21-37-16-11-33(26-37)12-17-39(18-13-33)29-5-3-2-4-6-29/h7-10,14-15,19-20,29H,2-6,11-13,16-18,21-26H2,1H3,(H,41,42). The van der Waals surface area contributed by atoms with Crippen LogP contribution in [-0.4, -0.2) is 77.1 Å². The van der Waals surface area contributed by atoms with Gasteiger partial charge in [-0.25, -0.2) is 9.97 Å². The van der Waals surface area contributed by atoms with Crippen molar-refractivity contribution in [2.75, 3.05) is 26.2 Å². The summed E-state index contributed by atoms with van der Waals surface area (Å²) in [6, 6.07) is 9.93. The molecule has 4 heterocycles. The number of carbonyl (C=O) groups is 1. The first-order valence-corrected chi connectivity index (χ1v) is 15.9. The van der Waals surface area contributed by atoms with E-state index in [4.69, 9.17) is 0 Å². The Labute approximate surface area is 250 Å². The number of hydrogen-bond donors (Lipinski definition) is 1. The maximum atomic E-state index is 11.3. The third kappa shape index (κ3) is 7.13. The van der Waals surface area contributed by atoms with Gasteiger partial charge in [0.05, 0.1) is 13.1 Å². The second-order valence-corrected chi connectivity index (χ2v) is 13.1. The van der Waals surface area contributed by atoms with Crippen molar-refractivity contribution in [1.82, 2.24) is 33.8 Å². The van der Waals surface area contributed by atoms with Crippen LogP contribution in [-0.2, 0) is 44.6 Å². The highest BCUT2D eigenvalue weighted by molar-refractivity contribution is 5.66. The minimum atomic E-state index is -0.866. The van der Waals surface area contributed by atoms with Crippen molar-refractivity contribution in [3.8, 4) is 0 Å². The van der Waals surface area contributed by atoms with Crippen molar-refractivity contribution in [2.45, 2.75) is 90.1 Å². The van der Waals surface area contributed by atoms with E-state index >= 15 is 0 Å². The molecule has 0 radical (unpaired) electrons. The first-order valence-electron chi connectivity index (χ1n) is 15.9. The zero-order chi connectivity index (χ0) is 28.9. The molecule has 1 aliphatic carbocycles. The van der Waals surface area contributed by atoms with Gasteiger partial charge in [0.25, 0.3) is 0 Å². The molecular weight excluding hydrogens is 526 g/mol. The van der Waals surface area contributed by atoms with Crippen LogP contribution in [0.4, 0.5) is 0 Å². The zero-order valence-corrected chi connectivity index (χ0v) is 25.2. The number of carboxylic acids is 1. The van der Waals surface area contributed by atoms with Gasteiger partial charge >= 0.3 is 5.97 Å². The fourth-order valence-corrected chi connectivity index (χ4v) is 7.54. The molecule has 1 saturated carbocycles. The van der Waals surface area contributed by atoms with E-state index in [1.807, 2.05) is 24.0 Å². The van der Waals surface area contributed by atoms with Gasteiger partial charge in [-0.2, -0.15) is 0 Å². The summed E-state index contributed by atoms with van der Waals surface area (Å²) in [5.74, 6) is 0.848. The van der Waals surface area contributed by atoms with Crippen LogP contribution in [0.5, 0.6) is 0 Å². The van der Waals surface area contributed by atoms with Crippen LogP contribution in [0.25, 0.3) is 0 Å². The fourth-order valence-electron chi connectivity index (χ4n) is 7.54. The molecule has 6 rings (SSSR count). The summed E-state index contributed by atoms with van der Waals surface area (Å²) in [5.41, 5.74) is 3.14. The van der Waals surface area contributed by atoms with Crippen molar-refractivity contribution in [2.24, 2.45) is 12.5 Å². The molecule has 3 fully saturated rings. The first-order chi connectivity index (χ1) is 20.4. The topological polar surface area (TPSA) is 82.7 Å². The van der Waals surface area contributed by atoms with Crippen LogP contribution < -0.4 is 0 Å². The van der Waals surface area contributed by atoms with Gasteiger partial charge in [-0.3, -0.25) is 14.6 Å². The SMILES string of the molecule is Cn1ccnc1CN(Cc1ccc(CN2CCC3(CCN(C4CCCCC4)CC3)C2)cc1)Cc1nccn1CC(=O)O. The highest BCUT2D eigenvalue weighted by Gasteiger charge is 2.41. The number of imidazole rings is 2. The summed E-state index contributed by atoms with van der Waals surface area (Å²) in [5, 5.41) is 9.30. The van der Waals surface area contributed by atoms with Crippen LogP contribution in [0.1, 0.15) is 74.1 Å². The minimum absolute atomic E-state index is 0.0865. The maximum Gasteiger partial charge on any atom is 0.323 e. The molecule has 2 saturated heterocycles. The number of nitrogens with zero attached hydrogens (tertiary/aromatic N) is 7. The summed E-state index contributed by atoms with van der Waals surface area (Å²) in [6.45, 7) is 7.94. The molecule has 1 aromatic carbocycles. The number of aryl methyl sites for hydroxylation is 1. The molecule has 226 valence electrons. The van der Waals surface area contributed by atoms with E-state index in [1.54, 1.807) is 17.0 Å². The first kappa shape index (κ1) is 29.1. The summed E-state index contributed by atoms with van der Waals surface area (Å²) in [7, 11) is 2.00. The van der Waals surface area contributed by atoms with E-state index in [0.29, 0.717) is 18.5 Å². The van der Waals surface area contributed by atoms with Crippen LogP contribution in [0, 0.1) is 5.41 Å². The van der Waals surface area contributed by atoms with E-state index in [-0.39, 0.29) is 6.54 Å². The second kappa shape index (κ2) is 13.1. The monoisotopic (exact) mass is 573 g/mol. The van der Waals surface area contributed by atoms with Crippen molar-refractivity contribution in [1.29, 1.82) is 0 Å². The van der Waals surface area contributed by atoms with E-state index in [9.17, 15) is 9.90 Å². The van der Waals surface area contributed by atoms with Crippen molar-refractivity contribution >= 4 is 5.97 Å². The molecule has 1 N–H and O–H groups in total. The Kier molecular flexibility index (Phi) is 9.07. The number of piperidine rings is 1. The third-order valence-electron chi connectivity index (χ3n) is 10.1. The molecule has 42 heavy (non-hydrogen) atoms. The Morgan fingerprint density at radius 1 is 0.905 bits per heavy atom. The number of aromatic nitrogens is 4. The van der Waals surface area contributed by atoms with Crippen molar-refractivity contribution in [3.05, 3.63) is 71.8 Å². The summed E-state index contributed by atoms with van der Waals surface area (Å²) < 4.78 is 3.74. The number of carboxylic acid groups (broad SMARTS) is 1. The minimum Gasteiger partial charge on any atom is -0.480 e. The van der Waals surface area contributed by atoms with E-state index in [2.05, 4.69) is 48.9 Å². The van der Waals surface area contributed by atoms with Gasteiger partial charge in [-0.15, -0.1) is 0 Å². The molecule has 3 aliphatic rings. The Bertz CT molecular complexity index is 1300. The largest absolute Gasteiger partial charge is 0.480 e. The normalized spacial score (nSPS) is 20.1. The molecule has 3 aromatic rings. The highest BCUT2D eigenvalue weighted by Crippen LogP contribution is 2.42. The molecule has 2 aromatic heterocycles. The van der Waals surface area contributed by atoms with Crippen molar-refractivity contribution in [3.63, 3.8) is 0 Å². The molecule has 9 nitrogen and oxygen atoms in total. The predicted molar refractivity (Wildman–Crippen MR) is 162 cm³/mol. The van der Waals surface area contributed by atoms with Crippen LogP contribution >= 0.6 is 0 Å². The number of aliphatic carboxylic acids is 1. The number of benzene rings is 1. The Morgan fingerprint density at radius 2 is 1.57 bits per heavy atom. The van der Waals surface area contributed by atoms with Gasteiger partial charge in [0.1, 0.15) is 18.2 Å². The maximum absolute atomic E-state index is 11.3. The Balaban J connectivity index is 1.04. The van der Waals surface area contributed by atoms with Crippen molar-refractivity contribution < 1.29 is 9.90 Å². The number of hydrogen-bond acceptors (Lipinski definition) is 6. The lowest BCUT2D eigenvalue weighted by molar-refractivity contribution is -0.137. The molecular formula is C33H47N7O2. The molecule has 0 atom stereocenters. The Hall–Kier alpha value is -3.01. The fraction of sp³-hybridized carbons (Fsp3) is 0.606. The zero-order valence-electron chi connectivity index (χ0n) is 25.2.